The Morgan fingerprint density at radius 3 is 2.67 bits per heavy atom. The fraction of sp³-hybridized carbons (Fsp3) is 0.647. The summed E-state index contributed by atoms with van der Waals surface area (Å²) in [7, 11) is 0. The van der Waals surface area contributed by atoms with Crippen LogP contribution in [0.15, 0.2) is 22.7 Å². The number of rotatable bonds is 3. The SMILES string of the molecule is CC1SCCN(c2ccc(CNC(C)(C)C)cc2Br)C1C. The Bertz CT molecular complexity index is 484. The molecule has 1 saturated heterocycles. The Hall–Kier alpha value is -0.190. The summed E-state index contributed by atoms with van der Waals surface area (Å²) in [4.78, 5) is 2.53. The van der Waals surface area contributed by atoms with Gasteiger partial charge >= 0.3 is 0 Å². The van der Waals surface area contributed by atoms with Gasteiger partial charge < -0.3 is 10.2 Å². The number of hydrogen-bond acceptors (Lipinski definition) is 3. The lowest BCUT2D eigenvalue weighted by Gasteiger charge is -2.39. The van der Waals surface area contributed by atoms with Crippen molar-refractivity contribution < 1.29 is 0 Å². The fourth-order valence-electron chi connectivity index (χ4n) is 2.53. The van der Waals surface area contributed by atoms with Crippen LogP contribution in [0.5, 0.6) is 0 Å². The van der Waals surface area contributed by atoms with Crippen molar-refractivity contribution >= 4 is 33.4 Å². The van der Waals surface area contributed by atoms with Gasteiger partial charge in [0.25, 0.3) is 0 Å². The zero-order chi connectivity index (χ0) is 15.6. The van der Waals surface area contributed by atoms with Crippen LogP contribution in [0.4, 0.5) is 5.69 Å². The van der Waals surface area contributed by atoms with E-state index in [4.69, 9.17) is 0 Å². The Morgan fingerprint density at radius 1 is 1.33 bits per heavy atom. The first kappa shape index (κ1) is 17.2. The van der Waals surface area contributed by atoms with E-state index in [1.807, 2.05) is 0 Å². The lowest BCUT2D eigenvalue weighted by atomic mass is 10.1. The monoisotopic (exact) mass is 370 g/mol. The molecule has 0 spiro atoms. The predicted octanol–water partition coefficient (Wildman–Crippen LogP) is 4.67. The van der Waals surface area contributed by atoms with Gasteiger partial charge in [0, 0.05) is 40.1 Å². The molecule has 1 aromatic rings. The van der Waals surface area contributed by atoms with Gasteiger partial charge in [-0.25, -0.2) is 0 Å². The molecule has 0 radical (unpaired) electrons. The molecule has 2 nitrogen and oxygen atoms in total. The van der Waals surface area contributed by atoms with Crippen LogP contribution < -0.4 is 10.2 Å². The van der Waals surface area contributed by atoms with Gasteiger partial charge in [0.15, 0.2) is 0 Å². The zero-order valence-electron chi connectivity index (χ0n) is 13.7. The van der Waals surface area contributed by atoms with Crippen molar-refractivity contribution in [2.45, 2.75) is 58.0 Å². The predicted molar refractivity (Wildman–Crippen MR) is 99.5 cm³/mol. The lowest BCUT2D eigenvalue weighted by molar-refractivity contribution is 0.424. The molecule has 1 aliphatic heterocycles. The number of nitrogens with zero attached hydrogens (tertiary/aromatic N) is 1. The van der Waals surface area contributed by atoms with Crippen molar-refractivity contribution in [3.63, 3.8) is 0 Å². The Kier molecular flexibility index (Phi) is 5.66. The van der Waals surface area contributed by atoms with Gasteiger partial charge in [0.1, 0.15) is 0 Å². The van der Waals surface area contributed by atoms with Gasteiger partial charge in [-0.2, -0.15) is 11.8 Å². The van der Waals surface area contributed by atoms with E-state index >= 15 is 0 Å². The summed E-state index contributed by atoms with van der Waals surface area (Å²) in [6, 6.07) is 7.35. The standard InChI is InChI=1S/C17H27BrN2S/c1-12-13(2)21-9-8-20(12)16-7-6-14(10-15(16)18)11-19-17(3,4)5/h6-7,10,12-13,19H,8-9,11H2,1-5H3. The average molecular weight is 371 g/mol. The third kappa shape index (κ3) is 4.64. The molecule has 1 fully saturated rings. The van der Waals surface area contributed by atoms with E-state index in [1.54, 1.807) is 0 Å². The average Bonchev–Trinajstić information content (AvgIpc) is 2.39. The van der Waals surface area contributed by atoms with E-state index in [2.05, 4.69) is 90.7 Å². The molecule has 0 aliphatic carbocycles. The van der Waals surface area contributed by atoms with E-state index in [0.29, 0.717) is 11.3 Å². The molecule has 2 unspecified atom stereocenters. The summed E-state index contributed by atoms with van der Waals surface area (Å²) in [5.41, 5.74) is 2.81. The van der Waals surface area contributed by atoms with Crippen LogP contribution in [0.25, 0.3) is 0 Å². The lowest BCUT2D eigenvalue weighted by Crippen LogP contribution is -2.44. The molecular formula is C17H27BrN2S. The maximum absolute atomic E-state index is 3.77. The molecule has 2 atom stereocenters. The minimum absolute atomic E-state index is 0.152. The maximum Gasteiger partial charge on any atom is 0.0513 e. The molecule has 1 heterocycles. The van der Waals surface area contributed by atoms with Gasteiger partial charge in [-0.15, -0.1) is 0 Å². The normalized spacial score (nSPS) is 23.4. The molecular weight excluding hydrogens is 344 g/mol. The molecule has 0 amide bonds. The van der Waals surface area contributed by atoms with Gasteiger partial charge in [-0.3, -0.25) is 0 Å². The first-order valence-electron chi connectivity index (χ1n) is 7.69. The van der Waals surface area contributed by atoms with E-state index in [0.717, 1.165) is 13.1 Å². The number of anilines is 1. The van der Waals surface area contributed by atoms with Crippen LogP contribution in [-0.2, 0) is 6.54 Å². The summed E-state index contributed by atoms with van der Waals surface area (Å²) < 4.78 is 1.21. The number of hydrogen-bond donors (Lipinski definition) is 1. The van der Waals surface area contributed by atoms with Gasteiger partial charge in [0.05, 0.1) is 5.69 Å². The molecule has 1 aromatic carbocycles. The van der Waals surface area contributed by atoms with Crippen LogP contribution in [0.3, 0.4) is 0 Å². The van der Waals surface area contributed by atoms with Crippen LogP contribution in [0.2, 0.25) is 0 Å². The highest BCUT2D eigenvalue weighted by molar-refractivity contribution is 9.10. The summed E-state index contributed by atoms with van der Waals surface area (Å²) in [6.45, 7) is 13.3. The number of halogens is 1. The largest absolute Gasteiger partial charge is 0.366 e. The minimum atomic E-state index is 0.152. The second-order valence-electron chi connectivity index (χ2n) is 6.90. The molecule has 0 aromatic heterocycles. The van der Waals surface area contributed by atoms with Crippen molar-refractivity contribution in [1.82, 2.24) is 5.32 Å². The minimum Gasteiger partial charge on any atom is -0.366 e. The molecule has 1 aliphatic rings. The van der Waals surface area contributed by atoms with E-state index < -0.39 is 0 Å². The van der Waals surface area contributed by atoms with Gasteiger partial charge in [0.2, 0.25) is 0 Å². The van der Waals surface area contributed by atoms with Gasteiger partial charge in [-0.1, -0.05) is 13.0 Å². The summed E-state index contributed by atoms with van der Waals surface area (Å²) in [5.74, 6) is 1.21. The van der Waals surface area contributed by atoms with Crippen molar-refractivity contribution in [2.75, 3.05) is 17.2 Å². The second-order valence-corrected chi connectivity index (χ2v) is 9.24. The molecule has 0 saturated carbocycles. The van der Waals surface area contributed by atoms with Crippen molar-refractivity contribution in [3.8, 4) is 0 Å². The van der Waals surface area contributed by atoms with Gasteiger partial charge in [-0.05, 0) is 61.3 Å². The van der Waals surface area contributed by atoms with Crippen molar-refractivity contribution in [3.05, 3.63) is 28.2 Å². The molecule has 4 heteroatoms. The quantitative estimate of drug-likeness (QED) is 0.832. The second kappa shape index (κ2) is 6.93. The third-order valence-corrected chi connectivity index (χ3v) is 6.00. The highest BCUT2D eigenvalue weighted by Crippen LogP contribution is 2.34. The third-order valence-electron chi connectivity index (χ3n) is 4.03. The Labute approximate surface area is 142 Å². The number of thioether (sulfide) groups is 1. The molecule has 1 N–H and O–H groups in total. The van der Waals surface area contributed by atoms with Crippen molar-refractivity contribution in [1.29, 1.82) is 0 Å². The molecule has 21 heavy (non-hydrogen) atoms. The van der Waals surface area contributed by atoms with E-state index in [9.17, 15) is 0 Å². The van der Waals surface area contributed by atoms with E-state index in [-0.39, 0.29) is 5.54 Å². The maximum atomic E-state index is 3.77. The Balaban J connectivity index is 2.12. The first-order valence-corrected chi connectivity index (χ1v) is 9.54. The molecule has 0 bridgehead atoms. The van der Waals surface area contributed by atoms with Crippen molar-refractivity contribution in [2.24, 2.45) is 0 Å². The van der Waals surface area contributed by atoms with Crippen LogP contribution in [-0.4, -0.2) is 29.1 Å². The molecule has 2 rings (SSSR count). The molecule has 118 valence electrons. The van der Waals surface area contributed by atoms with Crippen LogP contribution in [0.1, 0.15) is 40.2 Å². The summed E-state index contributed by atoms with van der Waals surface area (Å²) in [6.07, 6.45) is 0. The number of nitrogens with one attached hydrogen (secondary N) is 1. The zero-order valence-corrected chi connectivity index (χ0v) is 16.1. The van der Waals surface area contributed by atoms with Crippen LogP contribution >= 0.6 is 27.7 Å². The summed E-state index contributed by atoms with van der Waals surface area (Å²) >= 11 is 5.85. The topological polar surface area (TPSA) is 15.3 Å². The first-order chi connectivity index (χ1) is 9.78. The fourth-order valence-corrected chi connectivity index (χ4v) is 4.29. The number of benzene rings is 1. The summed E-state index contributed by atoms with van der Waals surface area (Å²) in [5, 5.41) is 4.23. The smallest absolute Gasteiger partial charge is 0.0513 e. The van der Waals surface area contributed by atoms with Crippen LogP contribution in [0, 0.1) is 0 Å². The van der Waals surface area contributed by atoms with E-state index in [1.165, 1.54) is 21.5 Å². The highest BCUT2D eigenvalue weighted by Gasteiger charge is 2.26. The Morgan fingerprint density at radius 2 is 2.05 bits per heavy atom. The highest BCUT2D eigenvalue weighted by atomic mass is 79.9.